The molecule has 0 spiro atoms. The molecule has 0 aromatic carbocycles. The lowest BCUT2D eigenvalue weighted by Gasteiger charge is -2.38. The van der Waals surface area contributed by atoms with Gasteiger partial charge in [0.05, 0.1) is 17.4 Å². The van der Waals surface area contributed by atoms with Crippen LogP contribution in [-0.4, -0.2) is 77.8 Å². The fourth-order valence-electron chi connectivity index (χ4n) is 5.05. The molecule has 2 atom stereocenters. The van der Waals surface area contributed by atoms with Crippen molar-refractivity contribution in [3.05, 3.63) is 0 Å². The summed E-state index contributed by atoms with van der Waals surface area (Å²) in [6, 6.07) is 0.171. The van der Waals surface area contributed by atoms with Gasteiger partial charge in [-0.25, -0.2) is 12.7 Å². The van der Waals surface area contributed by atoms with Crippen LogP contribution < -0.4 is 5.32 Å². The molecule has 2 aliphatic carbocycles. The molecule has 2 aliphatic heterocycles. The number of nitrogens with one attached hydrogen (secondary N) is 1. The van der Waals surface area contributed by atoms with E-state index in [2.05, 4.69) is 10.2 Å². The number of carbonyl (C=O) groups excluding carboxylic acids is 1. The van der Waals surface area contributed by atoms with Crippen LogP contribution in [0.1, 0.15) is 64.2 Å². The van der Waals surface area contributed by atoms with Gasteiger partial charge in [0.2, 0.25) is 15.9 Å². The zero-order chi connectivity index (χ0) is 19.0. The summed E-state index contributed by atoms with van der Waals surface area (Å²) in [4.78, 5) is 15.0. The Balaban J connectivity index is 1.34. The predicted molar refractivity (Wildman–Crippen MR) is 103 cm³/mol. The third kappa shape index (κ3) is 4.33. The molecule has 154 valence electrons. The third-order valence-corrected chi connectivity index (χ3v) is 9.17. The van der Waals surface area contributed by atoms with Crippen molar-refractivity contribution < 1.29 is 18.3 Å². The lowest BCUT2D eigenvalue weighted by molar-refractivity contribution is -0.127. The topological polar surface area (TPSA) is 89.9 Å². The summed E-state index contributed by atoms with van der Waals surface area (Å²) >= 11 is 0. The van der Waals surface area contributed by atoms with Crippen LogP contribution in [0.5, 0.6) is 0 Å². The largest absolute Gasteiger partial charge is 0.392 e. The van der Waals surface area contributed by atoms with Crippen LogP contribution in [0.15, 0.2) is 0 Å². The third-order valence-electron chi connectivity index (χ3n) is 6.77. The minimum Gasteiger partial charge on any atom is -0.392 e. The van der Waals surface area contributed by atoms with Gasteiger partial charge in [-0.3, -0.25) is 9.69 Å². The van der Waals surface area contributed by atoms with E-state index in [0.717, 1.165) is 38.5 Å². The number of aliphatic hydroxyl groups excluding tert-OH is 1. The Hall–Kier alpha value is -0.700. The maximum absolute atomic E-state index is 12.9. The zero-order valence-electron chi connectivity index (χ0n) is 16.1. The summed E-state index contributed by atoms with van der Waals surface area (Å²) in [7, 11) is -3.11. The van der Waals surface area contributed by atoms with E-state index in [-0.39, 0.29) is 29.3 Å². The van der Waals surface area contributed by atoms with Crippen LogP contribution in [0.25, 0.3) is 0 Å². The summed E-state index contributed by atoms with van der Waals surface area (Å²) in [5.74, 6) is 0.0477. The number of likely N-dealkylation sites (tertiary alicyclic amines) is 1. The van der Waals surface area contributed by atoms with Crippen molar-refractivity contribution in [3.8, 4) is 0 Å². The van der Waals surface area contributed by atoms with Crippen LogP contribution in [0.4, 0.5) is 0 Å². The molecule has 2 heterocycles. The number of carbonyl (C=O) groups is 1. The fourth-order valence-corrected chi connectivity index (χ4v) is 6.92. The number of hydrogen-bond acceptors (Lipinski definition) is 5. The molecular weight excluding hydrogens is 366 g/mol. The molecule has 1 amide bonds. The summed E-state index contributed by atoms with van der Waals surface area (Å²) in [5.41, 5.74) is 0. The Morgan fingerprint density at radius 2 is 1.63 bits per heavy atom. The highest BCUT2D eigenvalue weighted by molar-refractivity contribution is 7.90. The van der Waals surface area contributed by atoms with E-state index in [0.29, 0.717) is 26.1 Å². The smallest absolute Gasteiger partial charge is 0.237 e. The Labute approximate surface area is 162 Å². The summed E-state index contributed by atoms with van der Waals surface area (Å²) in [5, 5.41) is 13.2. The molecule has 0 bridgehead atoms. The van der Waals surface area contributed by atoms with Crippen LogP contribution >= 0.6 is 0 Å². The minimum atomic E-state index is -3.11. The summed E-state index contributed by atoms with van der Waals surface area (Å²) < 4.78 is 26.5. The number of β-amino-alcohol motifs (C(OH)–C–C–N with tert-alkyl or cyclic N) is 1. The second-order valence-electron chi connectivity index (χ2n) is 8.82. The minimum absolute atomic E-state index is 0.0477. The van der Waals surface area contributed by atoms with E-state index in [1.54, 1.807) is 4.31 Å². The van der Waals surface area contributed by atoms with Crippen molar-refractivity contribution in [2.75, 3.05) is 19.6 Å². The number of rotatable bonds is 5. The Kier molecular flexibility index (Phi) is 5.79. The van der Waals surface area contributed by atoms with Gasteiger partial charge in [0.1, 0.15) is 0 Å². The monoisotopic (exact) mass is 399 g/mol. The number of nitrogens with zero attached hydrogens (tertiary/aromatic N) is 2. The summed E-state index contributed by atoms with van der Waals surface area (Å²) in [6.45, 7) is 1.59. The zero-order valence-corrected chi connectivity index (χ0v) is 16.9. The molecule has 4 rings (SSSR count). The van der Waals surface area contributed by atoms with Gasteiger partial charge in [0, 0.05) is 31.7 Å². The van der Waals surface area contributed by atoms with Crippen molar-refractivity contribution in [3.63, 3.8) is 0 Å². The molecule has 4 aliphatic rings. The van der Waals surface area contributed by atoms with Gasteiger partial charge >= 0.3 is 0 Å². The highest BCUT2D eigenvalue weighted by atomic mass is 32.2. The molecule has 27 heavy (non-hydrogen) atoms. The van der Waals surface area contributed by atoms with E-state index in [9.17, 15) is 18.3 Å². The van der Waals surface area contributed by atoms with Crippen LogP contribution in [0, 0.1) is 0 Å². The van der Waals surface area contributed by atoms with E-state index in [4.69, 9.17) is 0 Å². The first-order valence-corrected chi connectivity index (χ1v) is 12.2. The number of aliphatic hydroxyl groups is 1. The van der Waals surface area contributed by atoms with Gasteiger partial charge in [-0.15, -0.1) is 0 Å². The molecule has 7 nitrogen and oxygen atoms in total. The van der Waals surface area contributed by atoms with Crippen molar-refractivity contribution in [2.45, 2.75) is 93.7 Å². The average molecular weight is 400 g/mol. The molecule has 2 N–H and O–H groups in total. The maximum atomic E-state index is 12.9. The van der Waals surface area contributed by atoms with Crippen molar-refractivity contribution in [2.24, 2.45) is 0 Å². The van der Waals surface area contributed by atoms with Crippen LogP contribution in [-0.2, 0) is 14.8 Å². The van der Waals surface area contributed by atoms with Gasteiger partial charge in [-0.05, 0) is 44.9 Å². The standard InChI is InChI=1S/C19H33N3O4S/c23-16-12-18(19(24)20-14-4-2-1-3-5-14)22(13-16)15-8-10-21(11-9-15)27(25,26)17-6-7-17/h14-18,23H,1-13H2,(H,20,24)/t16-,18+/m1/s1. The molecule has 8 heteroatoms. The van der Waals surface area contributed by atoms with Gasteiger partial charge < -0.3 is 10.4 Å². The van der Waals surface area contributed by atoms with E-state index >= 15 is 0 Å². The number of hydrogen-bond donors (Lipinski definition) is 2. The molecule has 0 unspecified atom stereocenters. The molecule has 4 fully saturated rings. The van der Waals surface area contributed by atoms with Gasteiger partial charge in [0.25, 0.3) is 0 Å². The van der Waals surface area contributed by atoms with Crippen LogP contribution in [0.2, 0.25) is 0 Å². The van der Waals surface area contributed by atoms with Crippen molar-refractivity contribution in [1.82, 2.24) is 14.5 Å². The normalized spacial score (nSPS) is 32.6. The second kappa shape index (κ2) is 7.97. The van der Waals surface area contributed by atoms with E-state index in [1.807, 2.05) is 0 Å². The maximum Gasteiger partial charge on any atom is 0.237 e. The number of amides is 1. The van der Waals surface area contributed by atoms with E-state index < -0.39 is 16.1 Å². The molecule has 0 aromatic heterocycles. The Morgan fingerprint density at radius 3 is 2.26 bits per heavy atom. The second-order valence-corrected chi connectivity index (χ2v) is 11.0. The van der Waals surface area contributed by atoms with E-state index in [1.165, 1.54) is 19.3 Å². The highest BCUT2D eigenvalue weighted by Gasteiger charge is 2.44. The number of sulfonamides is 1. The number of piperidine rings is 1. The van der Waals surface area contributed by atoms with Gasteiger partial charge in [-0.1, -0.05) is 19.3 Å². The lowest BCUT2D eigenvalue weighted by atomic mass is 9.95. The first-order valence-electron chi connectivity index (χ1n) is 10.7. The van der Waals surface area contributed by atoms with Crippen molar-refractivity contribution in [1.29, 1.82) is 0 Å². The van der Waals surface area contributed by atoms with Gasteiger partial charge in [0.15, 0.2) is 0 Å². The molecule has 2 saturated carbocycles. The fraction of sp³-hybridized carbons (Fsp3) is 0.947. The lowest BCUT2D eigenvalue weighted by Crippen LogP contribution is -2.53. The molecule has 0 radical (unpaired) electrons. The molecule has 0 aromatic rings. The predicted octanol–water partition coefficient (Wildman–Crippen LogP) is 0.827. The molecular formula is C19H33N3O4S. The van der Waals surface area contributed by atoms with Gasteiger partial charge in [-0.2, -0.15) is 0 Å². The Bertz CT molecular complexity index is 637. The quantitative estimate of drug-likeness (QED) is 0.715. The SMILES string of the molecule is O=C(NC1CCCCC1)[C@@H]1C[C@@H](O)CN1C1CCN(S(=O)(=O)C2CC2)CC1. The highest BCUT2D eigenvalue weighted by Crippen LogP contribution is 2.34. The molecule has 2 saturated heterocycles. The van der Waals surface area contributed by atoms with Crippen molar-refractivity contribution >= 4 is 15.9 Å². The van der Waals surface area contributed by atoms with Crippen LogP contribution in [0.3, 0.4) is 0 Å². The Morgan fingerprint density at radius 1 is 0.963 bits per heavy atom. The first-order chi connectivity index (χ1) is 12.9. The summed E-state index contributed by atoms with van der Waals surface area (Å²) in [6.07, 6.45) is 8.80. The average Bonchev–Trinajstić information content (AvgIpc) is 3.45. The first kappa shape index (κ1) is 19.6.